The van der Waals surface area contributed by atoms with Crippen LogP contribution in [0.2, 0.25) is 0 Å². The molecule has 1 heterocycles. The molecular formula is C17H4F10MnN2O2. The van der Waals surface area contributed by atoms with Gasteiger partial charge in [0.25, 0.3) is 0 Å². The van der Waals surface area contributed by atoms with Crippen molar-refractivity contribution in [2.75, 3.05) is 0 Å². The van der Waals surface area contributed by atoms with Crippen LogP contribution in [-0.2, 0) is 23.2 Å². The van der Waals surface area contributed by atoms with Crippen LogP contribution in [0.3, 0.4) is 0 Å². The SMILES string of the molecule is O=C(c1cc(F)c(F)c(F)c1)c1c(C(F)(F)F)nn(-c2c(F)c(F)cc(F)c2F)c1O.[Mn]. The molecule has 171 valence electrons. The van der Waals surface area contributed by atoms with E-state index in [4.69, 9.17) is 0 Å². The zero-order valence-corrected chi connectivity index (χ0v) is 15.8. The van der Waals surface area contributed by atoms with Crippen LogP contribution in [0.25, 0.3) is 5.69 Å². The van der Waals surface area contributed by atoms with E-state index in [1.54, 1.807) is 0 Å². The Morgan fingerprint density at radius 2 is 1.25 bits per heavy atom. The predicted octanol–water partition coefficient (Wildman–Crippen LogP) is 4.80. The number of hydrogen-bond acceptors (Lipinski definition) is 3. The molecule has 4 nitrogen and oxygen atoms in total. The summed E-state index contributed by atoms with van der Waals surface area (Å²) in [7, 11) is 0. The van der Waals surface area contributed by atoms with E-state index >= 15 is 0 Å². The normalized spacial score (nSPS) is 11.4. The summed E-state index contributed by atoms with van der Waals surface area (Å²) in [4.78, 5) is 12.4. The van der Waals surface area contributed by atoms with Gasteiger partial charge in [-0.1, -0.05) is 0 Å². The van der Waals surface area contributed by atoms with E-state index in [0.29, 0.717) is 0 Å². The molecule has 0 fully saturated rings. The summed E-state index contributed by atoms with van der Waals surface area (Å²) < 4.78 is 134. The molecule has 0 bridgehead atoms. The summed E-state index contributed by atoms with van der Waals surface area (Å²) in [5.74, 6) is -18.7. The standard InChI is InChI=1S/C17H4F10N2O2.Mn/c18-5-1-4(2-6(19)10(5)22)14(30)9-15(17(25,26)27)28-29(16(9)31)13-11(23)7(20)3-8(21)12(13)24;/h1-3,31H;. The Morgan fingerprint density at radius 3 is 1.69 bits per heavy atom. The summed E-state index contributed by atoms with van der Waals surface area (Å²) in [5, 5.41) is 12.6. The third kappa shape index (κ3) is 4.05. The van der Waals surface area contributed by atoms with Crippen LogP contribution in [0.5, 0.6) is 5.88 Å². The largest absolute Gasteiger partial charge is 0.493 e. The van der Waals surface area contributed by atoms with Gasteiger partial charge in [0.1, 0.15) is 11.3 Å². The van der Waals surface area contributed by atoms with Crippen LogP contribution in [0.4, 0.5) is 43.9 Å². The first-order valence-electron chi connectivity index (χ1n) is 7.67. The van der Waals surface area contributed by atoms with Crippen molar-refractivity contribution in [2.45, 2.75) is 6.18 Å². The van der Waals surface area contributed by atoms with E-state index < -0.39 is 85.8 Å². The number of ketones is 1. The van der Waals surface area contributed by atoms with E-state index in [-0.39, 0.29) is 35.3 Å². The molecule has 0 aliphatic rings. The summed E-state index contributed by atoms with van der Waals surface area (Å²) in [6.07, 6.45) is -5.61. The van der Waals surface area contributed by atoms with Crippen molar-refractivity contribution in [3.8, 4) is 11.6 Å². The molecule has 0 saturated heterocycles. The van der Waals surface area contributed by atoms with Crippen molar-refractivity contribution in [1.29, 1.82) is 0 Å². The monoisotopic (exact) mass is 513 g/mol. The van der Waals surface area contributed by atoms with Crippen LogP contribution >= 0.6 is 0 Å². The second-order valence-electron chi connectivity index (χ2n) is 5.86. The van der Waals surface area contributed by atoms with Crippen LogP contribution in [0, 0.1) is 40.7 Å². The molecule has 0 unspecified atom stereocenters. The number of nitrogens with zero attached hydrogens (tertiary/aromatic N) is 2. The first kappa shape index (κ1) is 25.2. The average Bonchev–Trinajstić information content (AvgIpc) is 3.01. The Morgan fingerprint density at radius 1 is 0.812 bits per heavy atom. The van der Waals surface area contributed by atoms with Gasteiger partial charge in [-0.2, -0.15) is 23.0 Å². The number of aromatic hydroxyl groups is 1. The van der Waals surface area contributed by atoms with Gasteiger partial charge in [-0.3, -0.25) is 4.79 Å². The van der Waals surface area contributed by atoms with Gasteiger partial charge in [0, 0.05) is 28.7 Å². The minimum Gasteiger partial charge on any atom is -0.493 e. The molecular weight excluding hydrogens is 509 g/mol. The molecule has 0 atom stereocenters. The van der Waals surface area contributed by atoms with Crippen LogP contribution in [0.1, 0.15) is 21.6 Å². The number of halogens is 10. The van der Waals surface area contributed by atoms with Crippen LogP contribution < -0.4 is 0 Å². The Labute approximate surface area is 180 Å². The summed E-state index contributed by atoms with van der Waals surface area (Å²) in [5.41, 5.74) is -7.39. The van der Waals surface area contributed by atoms with Gasteiger partial charge in [0.2, 0.25) is 11.7 Å². The molecule has 0 amide bonds. The number of alkyl halides is 3. The molecule has 2 aromatic carbocycles. The summed E-state index contributed by atoms with van der Waals surface area (Å²) in [6, 6.07) is -0.309. The van der Waals surface area contributed by atoms with Gasteiger partial charge in [0.05, 0.1) is 0 Å². The number of hydrogen-bond donors (Lipinski definition) is 1. The minimum atomic E-state index is -5.61. The Balaban J connectivity index is 0.00000363. The van der Waals surface area contributed by atoms with Crippen LogP contribution in [0.15, 0.2) is 18.2 Å². The molecule has 1 N–H and O–H groups in total. The maximum atomic E-state index is 14.0. The zero-order chi connectivity index (χ0) is 23.4. The average molecular weight is 513 g/mol. The number of carbonyl (C=O) groups is 1. The minimum absolute atomic E-state index is 0. The van der Waals surface area contributed by atoms with Crippen molar-refractivity contribution in [3.05, 3.63) is 75.7 Å². The van der Waals surface area contributed by atoms with Gasteiger partial charge in [-0.25, -0.2) is 30.7 Å². The van der Waals surface area contributed by atoms with E-state index in [0.717, 1.165) is 0 Å². The number of rotatable bonds is 3. The second kappa shape index (κ2) is 8.47. The third-order valence-electron chi connectivity index (χ3n) is 3.90. The molecule has 0 spiro atoms. The van der Waals surface area contributed by atoms with E-state index in [1.807, 2.05) is 0 Å². The van der Waals surface area contributed by atoms with E-state index in [9.17, 15) is 53.8 Å². The molecule has 32 heavy (non-hydrogen) atoms. The second-order valence-corrected chi connectivity index (χ2v) is 5.86. The fourth-order valence-corrected chi connectivity index (χ4v) is 2.55. The Bertz CT molecular complexity index is 1190. The number of benzene rings is 2. The molecule has 1 radical (unpaired) electrons. The van der Waals surface area contributed by atoms with Gasteiger partial charge in [0.15, 0.2) is 46.4 Å². The first-order chi connectivity index (χ1) is 14.3. The number of carbonyl (C=O) groups excluding carboxylic acids is 1. The number of aromatic nitrogens is 2. The molecule has 0 saturated carbocycles. The third-order valence-corrected chi connectivity index (χ3v) is 3.90. The van der Waals surface area contributed by atoms with Crippen molar-refractivity contribution in [1.82, 2.24) is 9.78 Å². The van der Waals surface area contributed by atoms with Crippen molar-refractivity contribution in [3.63, 3.8) is 0 Å². The fourth-order valence-electron chi connectivity index (χ4n) is 2.55. The maximum absolute atomic E-state index is 14.0. The van der Waals surface area contributed by atoms with Gasteiger partial charge in [-0.15, -0.1) is 0 Å². The Hall–Kier alpha value is -3.06. The van der Waals surface area contributed by atoms with Gasteiger partial charge in [-0.05, 0) is 12.1 Å². The topological polar surface area (TPSA) is 55.1 Å². The zero-order valence-electron chi connectivity index (χ0n) is 14.6. The van der Waals surface area contributed by atoms with Crippen molar-refractivity contribution < 1.29 is 70.9 Å². The molecule has 0 aliphatic carbocycles. The first-order valence-corrected chi connectivity index (χ1v) is 7.67. The molecule has 0 aliphatic heterocycles. The van der Waals surface area contributed by atoms with Crippen molar-refractivity contribution >= 4 is 5.78 Å². The predicted molar refractivity (Wildman–Crippen MR) is 79.8 cm³/mol. The molecule has 15 heteroatoms. The molecule has 3 rings (SSSR count). The molecule has 3 aromatic rings. The maximum Gasteiger partial charge on any atom is 0.436 e. The summed E-state index contributed by atoms with van der Waals surface area (Å²) in [6.45, 7) is 0. The van der Waals surface area contributed by atoms with E-state index in [1.165, 1.54) is 0 Å². The molecule has 1 aromatic heterocycles. The van der Waals surface area contributed by atoms with Crippen LogP contribution in [-0.4, -0.2) is 20.7 Å². The van der Waals surface area contributed by atoms with E-state index in [2.05, 4.69) is 5.10 Å². The quantitative estimate of drug-likeness (QED) is 0.180. The van der Waals surface area contributed by atoms with Gasteiger partial charge >= 0.3 is 6.18 Å². The summed E-state index contributed by atoms with van der Waals surface area (Å²) >= 11 is 0. The van der Waals surface area contributed by atoms with Gasteiger partial charge < -0.3 is 5.11 Å². The smallest absolute Gasteiger partial charge is 0.436 e. The Kier molecular flexibility index (Phi) is 6.67. The fraction of sp³-hybridized carbons (Fsp3) is 0.0588. The van der Waals surface area contributed by atoms with Crippen molar-refractivity contribution in [2.24, 2.45) is 0 Å².